The first-order valence-corrected chi connectivity index (χ1v) is 14.0. The highest BCUT2D eigenvalue weighted by atomic mass is 16.3. The van der Waals surface area contributed by atoms with Crippen molar-refractivity contribution < 1.29 is 14.7 Å². The normalized spacial score (nSPS) is 17.8. The number of imidazole rings is 1. The number of carbonyl (C=O) groups excluding carboxylic acids is 2. The summed E-state index contributed by atoms with van der Waals surface area (Å²) in [6.07, 6.45) is 10.6. The minimum absolute atomic E-state index is 0.150. The van der Waals surface area contributed by atoms with Gasteiger partial charge in [0.05, 0.1) is 11.9 Å². The van der Waals surface area contributed by atoms with Gasteiger partial charge in [0, 0.05) is 37.7 Å². The molecule has 1 N–H and O–H groups in total. The highest BCUT2D eigenvalue weighted by Gasteiger charge is 2.44. The molecule has 0 saturated heterocycles. The van der Waals surface area contributed by atoms with Crippen LogP contribution in [0.5, 0.6) is 0 Å². The quantitative estimate of drug-likeness (QED) is 0.521. The predicted molar refractivity (Wildman–Crippen MR) is 140 cm³/mol. The number of fused-ring (bicyclic) bond motifs is 1. The van der Waals surface area contributed by atoms with Crippen molar-refractivity contribution in [2.45, 2.75) is 103 Å². The molecule has 4 rings (SSSR count). The second kappa shape index (κ2) is 11.3. The molecule has 0 unspecified atom stereocenters. The molecular weight excluding hydrogens is 454 g/mol. The van der Waals surface area contributed by atoms with Gasteiger partial charge < -0.3 is 14.9 Å². The van der Waals surface area contributed by atoms with Crippen LogP contribution in [-0.4, -0.2) is 73.1 Å². The molecule has 0 atom stereocenters. The van der Waals surface area contributed by atoms with Gasteiger partial charge >= 0.3 is 0 Å². The SMILES string of the molecule is CCCN(CCN(CC)C(=O)c1cn2nc(C3CCCCC3)cc(C(C)C)c2n1)C(=O)C1(O)CCC1. The van der Waals surface area contributed by atoms with Gasteiger partial charge in [-0.2, -0.15) is 5.10 Å². The number of rotatable bonds is 10. The summed E-state index contributed by atoms with van der Waals surface area (Å²) in [7, 11) is 0. The number of nitrogens with zero attached hydrogens (tertiary/aromatic N) is 5. The minimum atomic E-state index is -1.22. The maximum atomic E-state index is 13.5. The van der Waals surface area contributed by atoms with Crippen LogP contribution in [-0.2, 0) is 4.79 Å². The molecule has 2 aliphatic rings. The Morgan fingerprint density at radius 2 is 1.78 bits per heavy atom. The zero-order valence-corrected chi connectivity index (χ0v) is 22.5. The fraction of sp³-hybridized carbons (Fsp3) is 0.714. The summed E-state index contributed by atoms with van der Waals surface area (Å²) in [4.78, 5) is 34.6. The Kier molecular flexibility index (Phi) is 8.33. The lowest BCUT2D eigenvalue weighted by molar-refractivity contribution is -0.160. The van der Waals surface area contributed by atoms with E-state index in [2.05, 4.69) is 19.9 Å². The van der Waals surface area contributed by atoms with E-state index < -0.39 is 5.60 Å². The number of likely N-dealkylation sites (N-methyl/N-ethyl adjacent to an activating group) is 1. The maximum absolute atomic E-state index is 13.5. The van der Waals surface area contributed by atoms with E-state index in [1.807, 2.05) is 13.8 Å². The molecule has 0 radical (unpaired) electrons. The summed E-state index contributed by atoms with van der Waals surface area (Å²) >= 11 is 0. The third kappa shape index (κ3) is 5.43. The van der Waals surface area contributed by atoms with E-state index in [0.717, 1.165) is 29.7 Å². The van der Waals surface area contributed by atoms with Gasteiger partial charge in [0.25, 0.3) is 11.8 Å². The van der Waals surface area contributed by atoms with Crippen molar-refractivity contribution in [3.8, 4) is 0 Å². The average Bonchev–Trinajstić information content (AvgIpc) is 3.30. The highest BCUT2D eigenvalue weighted by Crippen LogP contribution is 2.34. The van der Waals surface area contributed by atoms with E-state index >= 15 is 0 Å². The first-order valence-electron chi connectivity index (χ1n) is 14.0. The topological polar surface area (TPSA) is 91.0 Å². The molecule has 198 valence electrons. The van der Waals surface area contributed by atoms with E-state index in [4.69, 9.17) is 10.1 Å². The summed E-state index contributed by atoms with van der Waals surface area (Å²) in [6.45, 7) is 10.2. The van der Waals surface area contributed by atoms with E-state index in [9.17, 15) is 14.7 Å². The molecule has 36 heavy (non-hydrogen) atoms. The molecule has 8 nitrogen and oxygen atoms in total. The average molecular weight is 498 g/mol. The fourth-order valence-corrected chi connectivity index (χ4v) is 5.56. The van der Waals surface area contributed by atoms with Gasteiger partial charge in [0.15, 0.2) is 5.65 Å². The van der Waals surface area contributed by atoms with Gasteiger partial charge in [0.2, 0.25) is 0 Å². The Morgan fingerprint density at radius 1 is 1.08 bits per heavy atom. The molecule has 2 aliphatic carbocycles. The van der Waals surface area contributed by atoms with Crippen LogP contribution in [0.2, 0.25) is 0 Å². The molecular formula is C28H43N5O3. The Bertz CT molecular complexity index is 1070. The van der Waals surface area contributed by atoms with Gasteiger partial charge in [-0.1, -0.05) is 40.0 Å². The zero-order chi connectivity index (χ0) is 25.9. The zero-order valence-electron chi connectivity index (χ0n) is 22.5. The number of hydrogen-bond acceptors (Lipinski definition) is 5. The van der Waals surface area contributed by atoms with Crippen molar-refractivity contribution in [1.82, 2.24) is 24.4 Å². The molecule has 2 aromatic heterocycles. The lowest BCUT2D eigenvalue weighted by Gasteiger charge is -2.39. The molecule has 2 heterocycles. The predicted octanol–water partition coefficient (Wildman–Crippen LogP) is 4.52. The van der Waals surface area contributed by atoms with Crippen LogP contribution in [0.1, 0.15) is 119 Å². The molecule has 0 bridgehead atoms. The molecule has 0 aliphatic heterocycles. The second-order valence-corrected chi connectivity index (χ2v) is 11.0. The van der Waals surface area contributed by atoms with Crippen LogP contribution < -0.4 is 0 Å². The molecule has 8 heteroatoms. The molecule has 2 saturated carbocycles. The third-order valence-electron chi connectivity index (χ3n) is 8.01. The van der Waals surface area contributed by atoms with Gasteiger partial charge in [-0.05, 0) is 57.4 Å². The molecule has 2 fully saturated rings. The Balaban J connectivity index is 1.53. The largest absolute Gasteiger partial charge is 0.380 e. The Labute approximate surface area is 215 Å². The van der Waals surface area contributed by atoms with E-state index in [1.165, 1.54) is 32.1 Å². The van der Waals surface area contributed by atoms with Crippen molar-refractivity contribution in [1.29, 1.82) is 0 Å². The maximum Gasteiger partial charge on any atom is 0.274 e. The van der Waals surface area contributed by atoms with Crippen LogP contribution in [0.4, 0.5) is 0 Å². The summed E-state index contributed by atoms with van der Waals surface area (Å²) in [5, 5.41) is 15.5. The van der Waals surface area contributed by atoms with Crippen LogP contribution in [0.15, 0.2) is 12.3 Å². The van der Waals surface area contributed by atoms with Gasteiger partial charge in [0.1, 0.15) is 11.3 Å². The molecule has 2 aromatic rings. The minimum Gasteiger partial charge on any atom is -0.380 e. The third-order valence-corrected chi connectivity index (χ3v) is 8.01. The Morgan fingerprint density at radius 3 is 2.36 bits per heavy atom. The first kappa shape index (κ1) is 26.6. The highest BCUT2D eigenvalue weighted by molar-refractivity contribution is 5.93. The molecule has 0 spiro atoms. The van der Waals surface area contributed by atoms with Crippen LogP contribution in [0, 0.1) is 0 Å². The smallest absolute Gasteiger partial charge is 0.274 e. The lowest BCUT2D eigenvalue weighted by Crippen LogP contribution is -2.55. The standard InChI is InChI=1S/C28H43N5O3/c1-5-15-32(27(35)28(36)13-10-14-28)17-16-31(6-2)26(34)24-19-33-25(29-24)22(20(3)4)18-23(30-33)21-11-8-7-9-12-21/h18-21,36H,5-17H2,1-4H3. The summed E-state index contributed by atoms with van der Waals surface area (Å²) in [5.41, 5.74) is 2.16. The summed E-state index contributed by atoms with van der Waals surface area (Å²) < 4.78 is 1.80. The van der Waals surface area contributed by atoms with Crippen molar-refractivity contribution in [2.75, 3.05) is 26.2 Å². The lowest BCUT2D eigenvalue weighted by atomic mass is 9.79. The second-order valence-electron chi connectivity index (χ2n) is 11.0. The van der Waals surface area contributed by atoms with Gasteiger partial charge in [-0.15, -0.1) is 0 Å². The summed E-state index contributed by atoms with van der Waals surface area (Å²) in [6, 6.07) is 2.20. The van der Waals surface area contributed by atoms with Crippen molar-refractivity contribution in [2.24, 2.45) is 0 Å². The van der Waals surface area contributed by atoms with Crippen molar-refractivity contribution in [3.05, 3.63) is 29.2 Å². The summed E-state index contributed by atoms with van der Waals surface area (Å²) in [5.74, 6) is 0.398. The van der Waals surface area contributed by atoms with E-state index in [0.29, 0.717) is 50.6 Å². The number of amides is 2. The van der Waals surface area contributed by atoms with Crippen LogP contribution in [0.3, 0.4) is 0 Å². The molecule has 2 amide bonds. The van der Waals surface area contributed by atoms with Crippen LogP contribution >= 0.6 is 0 Å². The number of hydrogen-bond donors (Lipinski definition) is 1. The van der Waals surface area contributed by atoms with Gasteiger partial charge in [-0.25, -0.2) is 9.50 Å². The number of carbonyl (C=O) groups is 2. The van der Waals surface area contributed by atoms with E-state index in [1.54, 1.807) is 20.5 Å². The van der Waals surface area contributed by atoms with Crippen LogP contribution in [0.25, 0.3) is 5.65 Å². The monoisotopic (exact) mass is 497 g/mol. The molecule has 0 aromatic carbocycles. The fourth-order valence-electron chi connectivity index (χ4n) is 5.56. The van der Waals surface area contributed by atoms with Crippen molar-refractivity contribution in [3.63, 3.8) is 0 Å². The Hall–Kier alpha value is -2.48. The number of aromatic nitrogens is 3. The number of aliphatic hydroxyl groups is 1. The first-order chi connectivity index (χ1) is 17.3. The van der Waals surface area contributed by atoms with E-state index in [-0.39, 0.29) is 17.7 Å². The van der Waals surface area contributed by atoms with Gasteiger partial charge in [-0.3, -0.25) is 9.59 Å². The van der Waals surface area contributed by atoms with Crippen molar-refractivity contribution >= 4 is 17.5 Å².